The van der Waals surface area contributed by atoms with Gasteiger partial charge in [0.05, 0.1) is 16.7 Å². The van der Waals surface area contributed by atoms with Crippen LogP contribution in [0.5, 0.6) is 0 Å². The topological polar surface area (TPSA) is 112 Å². The first-order valence-corrected chi connectivity index (χ1v) is 8.99. The summed E-state index contributed by atoms with van der Waals surface area (Å²) in [7, 11) is -3.67. The number of nitriles is 1. The molecule has 0 aliphatic rings. The van der Waals surface area contributed by atoms with Crippen LogP contribution in [0.2, 0.25) is 0 Å². The largest absolute Gasteiger partial charge is 0.298 e. The summed E-state index contributed by atoms with van der Waals surface area (Å²) in [6, 6.07) is 7.39. The Balaban J connectivity index is 2.07. The Morgan fingerprint density at radius 3 is 2.61 bits per heavy atom. The lowest BCUT2D eigenvalue weighted by Gasteiger charge is -2.06. The van der Waals surface area contributed by atoms with Gasteiger partial charge in [0, 0.05) is 23.9 Å². The number of hydrogen-bond acceptors (Lipinski definition) is 6. The second kappa shape index (κ2) is 7.32. The Hall–Kier alpha value is -2.28. The van der Waals surface area contributed by atoms with Crippen LogP contribution in [0.4, 0.5) is 5.13 Å². The van der Waals surface area contributed by atoms with Gasteiger partial charge in [-0.15, -0.1) is 11.3 Å². The molecule has 1 aromatic heterocycles. The van der Waals surface area contributed by atoms with Crippen molar-refractivity contribution in [1.82, 2.24) is 9.71 Å². The number of thiazole rings is 1. The van der Waals surface area contributed by atoms with Crippen LogP contribution >= 0.6 is 11.3 Å². The first-order valence-electron chi connectivity index (χ1n) is 6.62. The van der Waals surface area contributed by atoms with E-state index in [9.17, 15) is 13.2 Å². The normalized spacial score (nSPS) is 11.0. The summed E-state index contributed by atoms with van der Waals surface area (Å²) < 4.78 is 26.2. The van der Waals surface area contributed by atoms with Crippen LogP contribution in [0, 0.1) is 18.3 Å². The molecule has 0 unspecified atom stereocenters. The minimum Gasteiger partial charge on any atom is -0.298 e. The highest BCUT2D eigenvalue weighted by molar-refractivity contribution is 7.89. The van der Waals surface area contributed by atoms with Crippen LogP contribution < -0.4 is 10.0 Å². The number of carbonyl (C=O) groups is 1. The van der Waals surface area contributed by atoms with Crippen LogP contribution in [0.3, 0.4) is 0 Å². The molecule has 0 bridgehead atoms. The van der Waals surface area contributed by atoms with E-state index in [1.807, 2.05) is 18.4 Å². The third-order valence-electron chi connectivity index (χ3n) is 2.80. The maximum atomic E-state index is 12.0. The fourth-order valence-corrected chi connectivity index (χ4v) is 3.41. The van der Waals surface area contributed by atoms with E-state index in [1.165, 1.54) is 35.6 Å². The van der Waals surface area contributed by atoms with Gasteiger partial charge in [-0.25, -0.2) is 18.1 Å². The van der Waals surface area contributed by atoms with Crippen molar-refractivity contribution in [3.63, 3.8) is 0 Å². The minimum absolute atomic E-state index is 0.0390. The summed E-state index contributed by atoms with van der Waals surface area (Å²) in [6.07, 6.45) is 0.0902. The first-order chi connectivity index (χ1) is 10.9. The average Bonchev–Trinajstić information content (AvgIpc) is 2.92. The van der Waals surface area contributed by atoms with Crippen LogP contribution in [0.15, 0.2) is 34.5 Å². The fraction of sp³-hybridized carbons (Fsp3) is 0.214. The van der Waals surface area contributed by atoms with Gasteiger partial charge in [0.25, 0.3) is 5.91 Å². The number of anilines is 1. The monoisotopic (exact) mass is 350 g/mol. The molecule has 0 fully saturated rings. The van der Waals surface area contributed by atoms with Gasteiger partial charge >= 0.3 is 0 Å². The molecule has 1 amide bonds. The molecule has 0 atom stereocenters. The Morgan fingerprint density at radius 2 is 2.04 bits per heavy atom. The van der Waals surface area contributed by atoms with Crippen molar-refractivity contribution in [2.45, 2.75) is 18.2 Å². The summed E-state index contributed by atoms with van der Waals surface area (Å²) in [6.45, 7) is 1.87. The lowest BCUT2D eigenvalue weighted by molar-refractivity contribution is 0.102. The molecule has 2 N–H and O–H groups in total. The first kappa shape index (κ1) is 17.1. The van der Waals surface area contributed by atoms with Crippen molar-refractivity contribution < 1.29 is 13.2 Å². The molecule has 0 aliphatic carbocycles. The van der Waals surface area contributed by atoms with Gasteiger partial charge in [-0.3, -0.25) is 10.1 Å². The number of sulfonamides is 1. The third-order valence-corrected chi connectivity index (χ3v) is 5.15. The molecule has 0 saturated heterocycles. The van der Waals surface area contributed by atoms with E-state index in [0.717, 1.165) is 5.69 Å². The van der Waals surface area contributed by atoms with Gasteiger partial charge in [0.1, 0.15) is 0 Å². The SMILES string of the molecule is Cc1csc(NC(=O)c2ccc(S(=O)(=O)NCCC#N)cc2)n1. The Kier molecular flexibility index (Phi) is 5.44. The van der Waals surface area contributed by atoms with Crippen molar-refractivity contribution in [3.05, 3.63) is 40.9 Å². The highest BCUT2D eigenvalue weighted by Gasteiger charge is 2.15. The molecule has 0 radical (unpaired) electrons. The molecule has 2 rings (SSSR count). The molecular formula is C14H14N4O3S2. The Labute approximate surface area is 138 Å². The van der Waals surface area contributed by atoms with Crippen LogP contribution in [-0.2, 0) is 10.0 Å². The molecule has 120 valence electrons. The highest BCUT2D eigenvalue weighted by Crippen LogP contribution is 2.16. The molecule has 0 aliphatic heterocycles. The molecule has 0 spiro atoms. The second-order valence-electron chi connectivity index (χ2n) is 4.58. The number of benzene rings is 1. The van der Waals surface area contributed by atoms with Gasteiger partial charge in [-0.1, -0.05) is 0 Å². The van der Waals surface area contributed by atoms with E-state index < -0.39 is 10.0 Å². The number of hydrogen-bond donors (Lipinski definition) is 2. The maximum absolute atomic E-state index is 12.0. The number of nitrogens with zero attached hydrogens (tertiary/aromatic N) is 2. The third kappa shape index (κ3) is 4.59. The number of nitrogens with one attached hydrogen (secondary N) is 2. The quantitative estimate of drug-likeness (QED) is 0.773. The smallest absolute Gasteiger partial charge is 0.257 e. The summed E-state index contributed by atoms with van der Waals surface area (Å²) in [5.74, 6) is -0.360. The van der Waals surface area contributed by atoms with Gasteiger partial charge in [-0.05, 0) is 31.2 Å². The van der Waals surface area contributed by atoms with Gasteiger partial charge in [0.15, 0.2) is 5.13 Å². The molecule has 2 aromatic rings. The zero-order chi connectivity index (χ0) is 16.9. The summed E-state index contributed by atoms with van der Waals surface area (Å²) in [5, 5.41) is 13.4. The van der Waals surface area contributed by atoms with Crippen molar-refractivity contribution in [3.8, 4) is 6.07 Å². The molecule has 23 heavy (non-hydrogen) atoms. The molecule has 0 saturated carbocycles. The van der Waals surface area contributed by atoms with E-state index >= 15 is 0 Å². The molecule has 1 heterocycles. The van der Waals surface area contributed by atoms with Crippen molar-refractivity contribution in [1.29, 1.82) is 5.26 Å². The summed E-state index contributed by atoms with van der Waals surface area (Å²) >= 11 is 1.32. The van der Waals surface area contributed by atoms with Crippen LogP contribution in [0.1, 0.15) is 22.5 Å². The maximum Gasteiger partial charge on any atom is 0.257 e. The van der Waals surface area contributed by atoms with Gasteiger partial charge < -0.3 is 0 Å². The molecular weight excluding hydrogens is 336 g/mol. The minimum atomic E-state index is -3.67. The average molecular weight is 350 g/mol. The number of aryl methyl sites for hydroxylation is 1. The number of carbonyl (C=O) groups excluding carboxylic acids is 1. The lowest BCUT2D eigenvalue weighted by Crippen LogP contribution is -2.24. The Bertz CT molecular complexity index is 836. The van der Waals surface area contributed by atoms with E-state index in [1.54, 1.807) is 0 Å². The predicted octanol–water partition coefficient (Wildman–Crippen LogP) is 1.90. The van der Waals surface area contributed by atoms with Crippen LogP contribution in [0.25, 0.3) is 0 Å². The molecule has 9 heteroatoms. The predicted molar refractivity (Wildman–Crippen MR) is 86.7 cm³/mol. The zero-order valence-electron chi connectivity index (χ0n) is 12.2. The summed E-state index contributed by atoms with van der Waals surface area (Å²) in [5.41, 5.74) is 1.14. The number of amides is 1. The highest BCUT2D eigenvalue weighted by atomic mass is 32.2. The molecule has 1 aromatic carbocycles. The van der Waals surface area contributed by atoms with E-state index in [0.29, 0.717) is 10.7 Å². The number of aromatic nitrogens is 1. The van der Waals surface area contributed by atoms with Crippen molar-refractivity contribution >= 4 is 32.4 Å². The zero-order valence-corrected chi connectivity index (χ0v) is 13.9. The Morgan fingerprint density at radius 1 is 1.35 bits per heavy atom. The standard InChI is InChI=1S/C14H14N4O3S2/c1-10-9-22-14(17-10)18-13(19)11-3-5-12(6-4-11)23(20,21)16-8-2-7-15/h3-6,9,16H,2,8H2,1H3,(H,17,18,19). The van der Waals surface area contributed by atoms with E-state index in [4.69, 9.17) is 5.26 Å². The lowest BCUT2D eigenvalue weighted by atomic mass is 10.2. The van der Waals surface area contributed by atoms with Crippen LogP contribution in [-0.4, -0.2) is 25.9 Å². The fourth-order valence-electron chi connectivity index (χ4n) is 1.69. The second-order valence-corrected chi connectivity index (χ2v) is 7.20. The van der Waals surface area contributed by atoms with E-state index in [-0.39, 0.29) is 23.8 Å². The van der Waals surface area contributed by atoms with Crippen molar-refractivity contribution in [2.75, 3.05) is 11.9 Å². The number of rotatable bonds is 6. The summed E-state index contributed by atoms with van der Waals surface area (Å²) in [4.78, 5) is 16.2. The van der Waals surface area contributed by atoms with E-state index in [2.05, 4.69) is 15.0 Å². The van der Waals surface area contributed by atoms with Gasteiger partial charge in [0.2, 0.25) is 10.0 Å². The molecule has 7 nitrogen and oxygen atoms in total. The van der Waals surface area contributed by atoms with Crippen molar-refractivity contribution in [2.24, 2.45) is 0 Å². The van der Waals surface area contributed by atoms with Gasteiger partial charge in [-0.2, -0.15) is 5.26 Å².